The van der Waals surface area contributed by atoms with E-state index in [1.165, 1.54) is 0 Å². The maximum Gasteiger partial charge on any atom is 1.00 e. The van der Waals surface area contributed by atoms with Crippen LogP contribution in [-0.4, -0.2) is 102 Å². The molecule has 4 atom stereocenters. The summed E-state index contributed by atoms with van der Waals surface area (Å²) in [4.78, 5) is 64.9. The molecule has 1 saturated carbocycles. The number of alkyl carbamates (subject to hydrolysis) is 1. The predicted molar refractivity (Wildman–Crippen MR) is 149 cm³/mol. The topological polar surface area (TPSA) is 221 Å². The fourth-order valence-electron chi connectivity index (χ4n) is 5.76. The number of Topliss-reactive ketones (excluding diaryl/α,β-unsaturated/α-hetero) is 1. The van der Waals surface area contributed by atoms with Crippen LogP contribution in [-0.2, 0) is 34.0 Å². The van der Waals surface area contributed by atoms with Crippen LogP contribution in [0.1, 0.15) is 73.1 Å². The number of ketones is 1. The zero-order valence-electron chi connectivity index (χ0n) is 26.2. The van der Waals surface area contributed by atoms with Gasteiger partial charge in [-0.3, -0.25) is 14.4 Å². The van der Waals surface area contributed by atoms with Crippen molar-refractivity contribution in [2.45, 2.75) is 102 Å². The summed E-state index contributed by atoms with van der Waals surface area (Å²) in [5.74, 6) is -3.62. The molecule has 2 heterocycles. The van der Waals surface area contributed by atoms with Crippen LogP contribution in [0.3, 0.4) is 0 Å². The fourth-order valence-corrected chi connectivity index (χ4v) is 6.21. The molecule has 1 spiro atoms. The predicted octanol–water partition coefficient (Wildman–Crippen LogP) is -2.64. The van der Waals surface area contributed by atoms with Crippen molar-refractivity contribution in [2.24, 2.45) is 17.3 Å². The Morgan fingerprint density at radius 3 is 2.32 bits per heavy atom. The van der Waals surface area contributed by atoms with Crippen LogP contribution >= 0.6 is 0 Å². The first-order valence-electron chi connectivity index (χ1n) is 14.5. The molecule has 0 aromatic rings. The van der Waals surface area contributed by atoms with Crippen LogP contribution in [0.2, 0.25) is 0 Å². The van der Waals surface area contributed by atoms with Crippen molar-refractivity contribution in [3.8, 4) is 0 Å². The van der Waals surface area contributed by atoms with Crippen LogP contribution in [0.15, 0.2) is 0 Å². The molecule has 1 unspecified atom stereocenters. The second-order valence-electron chi connectivity index (χ2n) is 13.2. The molecule has 0 aromatic carbocycles. The average molecular weight is 655 g/mol. The quantitative estimate of drug-likeness (QED) is 0.133. The van der Waals surface area contributed by atoms with Gasteiger partial charge >= 0.3 is 41.7 Å². The zero-order valence-corrected chi connectivity index (χ0v) is 29.0. The fraction of sp³-hybridized carbons (Fsp3) is 0.815. The van der Waals surface area contributed by atoms with Crippen LogP contribution in [0.5, 0.6) is 0 Å². The van der Waals surface area contributed by atoms with Gasteiger partial charge in [-0.1, -0.05) is 13.8 Å². The van der Waals surface area contributed by atoms with Crippen molar-refractivity contribution in [3.63, 3.8) is 0 Å². The van der Waals surface area contributed by atoms with Gasteiger partial charge in [-0.15, -0.1) is 0 Å². The van der Waals surface area contributed by atoms with Gasteiger partial charge in [-0.25, -0.2) is 18.0 Å². The first-order chi connectivity index (χ1) is 19.8. The van der Waals surface area contributed by atoms with E-state index >= 15 is 0 Å². The van der Waals surface area contributed by atoms with Gasteiger partial charge in [0.05, 0.1) is 6.04 Å². The van der Waals surface area contributed by atoms with Crippen molar-refractivity contribution in [1.82, 2.24) is 20.9 Å². The molecule has 0 aromatic heterocycles. The van der Waals surface area contributed by atoms with Crippen LogP contribution < -0.4 is 45.5 Å². The molecular formula is C27H43N4NaO11S. The molecule has 17 heteroatoms. The van der Waals surface area contributed by atoms with Crippen molar-refractivity contribution in [1.29, 1.82) is 0 Å². The number of carbonyl (C=O) groups is 5. The number of amides is 4. The van der Waals surface area contributed by atoms with Crippen molar-refractivity contribution < 1.29 is 81.1 Å². The van der Waals surface area contributed by atoms with Gasteiger partial charge in [-0.05, 0) is 70.6 Å². The van der Waals surface area contributed by atoms with E-state index in [1.54, 1.807) is 39.5 Å². The number of nitrogens with one attached hydrogen (secondary N) is 3. The summed E-state index contributed by atoms with van der Waals surface area (Å²) in [6.45, 7) is 10.3. The third kappa shape index (κ3) is 10.5. The van der Waals surface area contributed by atoms with Crippen molar-refractivity contribution in [2.75, 3.05) is 19.6 Å². The van der Waals surface area contributed by atoms with E-state index in [-0.39, 0.29) is 59.8 Å². The molecule has 4 amide bonds. The van der Waals surface area contributed by atoms with Gasteiger partial charge in [0.2, 0.25) is 17.3 Å². The minimum atomic E-state index is -5.44. The molecule has 244 valence electrons. The normalized spacial score (nSPS) is 25.3. The summed E-state index contributed by atoms with van der Waals surface area (Å²) >= 11 is 0. The number of aliphatic hydroxyl groups excluding tert-OH is 1. The van der Waals surface area contributed by atoms with E-state index in [0.717, 1.165) is 6.42 Å². The monoisotopic (exact) mass is 654 g/mol. The number of aliphatic hydroxyl groups is 1. The van der Waals surface area contributed by atoms with E-state index in [9.17, 15) is 42.0 Å². The third-order valence-electron chi connectivity index (χ3n) is 7.86. The van der Waals surface area contributed by atoms with Gasteiger partial charge in [0.25, 0.3) is 0 Å². The molecule has 0 bridgehead atoms. The number of hydrogen-bond donors (Lipinski definition) is 4. The minimum Gasteiger partial charge on any atom is -0.746 e. The number of rotatable bonds is 11. The smallest absolute Gasteiger partial charge is 0.746 e. The SMILES string of the molecule is CC(C)C[C@H](NC(=O)OC1CC2(CCN(C(=O)OC(C)(C)C)C2)C1)C(=O)N[C@@H](C[C@H]1CCNC1=O)C(=O)C(O)S(=O)(=O)[O-].[Na+]. The summed E-state index contributed by atoms with van der Waals surface area (Å²) < 4.78 is 44.9. The maximum atomic E-state index is 13.2. The first kappa shape index (κ1) is 38.2. The standard InChI is InChI=1S/C27H44N4O11S.Na/c1-15(2)10-19(22(34)29-18(11-16-6-8-28-21(16)33)20(32)23(35)43(38,39)40)30-24(36)41-17-12-27(13-17)7-9-31(14-27)25(37)42-26(3,4)5;/h15-19,23,35H,6-14H2,1-5H3,(H,28,33)(H,29,34)(H,30,36)(H,38,39,40);/q;+1/p-1/t16-,17?,18+,19+,23?,27?;/m1./s1. The van der Waals surface area contributed by atoms with Gasteiger partial charge in [-0.2, -0.15) is 0 Å². The molecule has 3 aliphatic rings. The Bertz CT molecular complexity index is 1200. The second kappa shape index (κ2) is 15.1. The molecule has 3 fully saturated rings. The average Bonchev–Trinajstić information content (AvgIpc) is 3.47. The molecular weight excluding hydrogens is 611 g/mol. The van der Waals surface area contributed by atoms with Crippen LogP contribution in [0.4, 0.5) is 9.59 Å². The molecule has 0 radical (unpaired) electrons. The van der Waals surface area contributed by atoms with Gasteiger partial charge in [0, 0.05) is 25.6 Å². The van der Waals surface area contributed by atoms with Gasteiger partial charge in [0.15, 0.2) is 5.78 Å². The van der Waals surface area contributed by atoms with E-state index < -0.39 is 69.0 Å². The Morgan fingerprint density at radius 1 is 1.16 bits per heavy atom. The number of nitrogens with zero attached hydrogens (tertiary/aromatic N) is 1. The summed E-state index contributed by atoms with van der Waals surface area (Å²) in [5, 5.41) is 17.2. The van der Waals surface area contributed by atoms with Gasteiger partial charge < -0.3 is 40.0 Å². The summed E-state index contributed by atoms with van der Waals surface area (Å²) in [7, 11) is -5.44. The molecule has 2 aliphatic heterocycles. The maximum absolute atomic E-state index is 13.2. The van der Waals surface area contributed by atoms with E-state index in [4.69, 9.17) is 9.47 Å². The summed E-state index contributed by atoms with van der Waals surface area (Å²) in [6, 6.07) is -2.88. The van der Waals surface area contributed by atoms with Crippen LogP contribution in [0.25, 0.3) is 0 Å². The second-order valence-corrected chi connectivity index (χ2v) is 14.7. The Hall–Kier alpha value is -1.98. The Morgan fingerprint density at radius 2 is 1.80 bits per heavy atom. The number of carbonyl (C=O) groups excluding carboxylic acids is 5. The minimum absolute atomic E-state index is 0. The Kier molecular flexibility index (Phi) is 13.1. The van der Waals surface area contributed by atoms with Gasteiger partial charge in [0.1, 0.15) is 27.9 Å². The first-order valence-corrected chi connectivity index (χ1v) is 16.0. The molecule has 1 aliphatic carbocycles. The number of hydrogen-bond acceptors (Lipinski definition) is 11. The Balaban J connectivity index is 0.00000675. The largest absolute Gasteiger partial charge is 1.00 e. The zero-order chi connectivity index (χ0) is 32.3. The molecule has 44 heavy (non-hydrogen) atoms. The van der Waals surface area contributed by atoms with Crippen LogP contribution in [0, 0.1) is 17.3 Å². The van der Waals surface area contributed by atoms with Crippen molar-refractivity contribution in [3.05, 3.63) is 0 Å². The molecule has 3 rings (SSSR count). The van der Waals surface area contributed by atoms with E-state index in [1.807, 2.05) is 0 Å². The van der Waals surface area contributed by atoms with Crippen molar-refractivity contribution >= 4 is 39.9 Å². The number of likely N-dealkylation sites (tertiary alicyclic amines) is 1. The van der Waals surface area contributed by atoms with E-state index in [2.05, 4.69) is 16.0 Å². The summed E-state index contributed by atoms with van der Waals surface area (Å²) in [5.41, 5.74) is -3.73. The third-order valence-corrected chi connectivity index (χ3v) is 8.64. The molecule has 15 nitrogen and oxygen atoms in total. The van der Waals surface area contributed by atoms with E-state index in [0.29, 0.717) is 38.9 Å². The molecule has 4 N–H and O–H groups in total. The summed E-state index contributed by atoms with van der Waals surface area (Å²) in [6.07, 6.45) is 0.185. The number of ether oxygens (including phenoxy) is 2. The Labute approximate surface area is 279 Å². The molecule has 2 saturated heterocycles.